The van der Waals surface area contributed by atoms with Crippen LogP contribution in [0, 0.1) is 0 Å². The van der Waals surface area contributed by atoms with Gasteiger partial charge in [0.15, 0.2) is 5.82 Å². The molecule has 1 N–H and O–H groups in total. The van der Waals surface area contributed by atoms with Gasteiger partial charge in [-0.05, 0) is 24.1 Å². The molecule has 0 radical (unpaired) electrons. The predicted molar refractivity (Wildman–Crippen MR) is 120 cm³/mol. The number of H-pyrrole nitrogens is 1. The maximum Gasteiger partial charge on any atom is 0.348 e. The van der Waals surface area contributed by atoms with Crippen molar-refractivity contribution in [3.05, 3.63) is 81.9 Å². The topological polar surface area (TPSA) is 109 Å². The lowest BCUT2D eigenvalue weighted by Crippen LogP contribution is -2.15. The second kappa shape index (κ2) is 7.55. The average molecular weight is 412 g/mol. The first kappa shape index (κ1) is 18.8. The molecular weight excluding hydrogens is 392 g/mol. The van der Waals surface area contributed by atoms with Crippen molar-refractivity contribution in [2.45, 2.75) is 13.0 Å². The summed E-state index contributed by atoms with van der Waals surface area (Å²) in [4.78, 5) is 15.7. The smallest absolute Gasteiger partial charge is 0.348 e. The number of para-hydroxylation sites is 2. The largest absolute Gasteiger partial charge is 0.348 e. The maximum absolute atomic E-state index is 12.8. The molecule has 0 amide bonds. The average Bonchev–Trinajstić information content (AvgIpc) is 3.45. The molecule has 0 saturated carbocycles. The lowest BCUT2D eigenvalue weighted by molar-refractivity contribution is 0.669. The lowest BCUT2D eigenvalue weighted by atomic mass is 10.1. The summed E-state index contributed by atoms with van der Waals surface area (Å²) in [5, 5.41) is 12.6. The number of rotatable bonds is 6. The third-order valence-corrected chi connectivity index (χ3v) is 5.54. The van der Waals surface area contributed by atoms with Gasteiger partial charge in [0, 0.05) is 64.8 Å². The van der Waals surface area contributed by atoms with E-state index < -0.39 is 0 Å². The van der Waals surface area contributed by atoms with E-state index in [0.717, 1.165) is 39.5 Å². The van der Waals surface area contributed by atoms with Crippen LogP contribution >= 0.6 is 0 Å². The van der Waals surface area contributed by atoms with Gasteiger partial charge in [-0.3, -0.25) is 0 Å². The molecule has 0 spiro atoms. The van der Waals surface area contributed by atoms with Crippen molar-refractivity contribution in [3.8, 4) is 17.1 Å². The minimum absolute atomic E-state index is 0.286. The van der Waals surface area contributed by atoms with E-state index in [2.05, 4.69) is 24.8 Å². The second-order valence-corrected chi connectivity index (χ2v) is 7.39. The Morgan fingerprint density at radius 1 is 1.06 bits per heavy atom. The number of nitrogens with zero attached hydrogens (tertiary/aromatic N) is 7. The van der Waals surface area contributed by atoms with Crippen LogP contribution in [-0.4, -0.2) is 30.4 Å². The van der Waals surface area contributed by atoms with E-state index in [1.807, 2.05) is 72.5 Å². The van der Waals surface area contributed by atoms with Crippen LogP contribution < -0.4 is 5.69 Å². The van der Waals surface area contributed by atoms with E-state index in [1.54, 1.807) is 4.57 Å². The Hall–Kier alpha value is -4.23. The molecule has 9 nitrogen and oxygen atoms in total. The molecule has 0 bridgehead atoms. The van der Waals surface area contributed by atoms with Crippen LogP contribution in [0.1, 0.15) is 6.42 Å². The Morgan fingerprint density at radius 2 is 1.81 bits per heavy atom. The van der Waals surface area contributed by atoms with Crippen molar-refractivity contribution in [1.82, 2.24) is 23.9 Å². The monoisotopic (exact) mass is 412 g/mol. The Balaban J connectivity index is 1.69. The van der Waals surface area contributed by atoms with Gasteiger partial charge in [0.1, 0.15) is 0 Å². The van der Waals surface area contributed by atoms with Crippen LogP contribution in [0.4, 0.5) is 0 Å². The first-order valence-electron chi connectivity index (χ1n) is 10.00. The number of azide groups is 1. The standard InChI is InChI=1S/C22H20N8O/c1-28-14-20(16-8-3-4-9-18(16)28)30-21(25-26-22(30)31)17-13-29(12-6-11-24-27-23)19-10-5-2-7-15(17)19/h2-5,7-10,13-14H,6,11-12H2,1H3,(H,26,31). The molecule has 2 aromatic carbocycles. The van der Waals surface area contributed by atoms with Gasteiger partial charge in [-0.1, -0.05) is 41.5 Å². The number of hydrogen-bond acceptors (Lipinski definition) is 3. The minimum atomic E-state index is -0.286. The molecule has 0 fully saturated rings. The highest BCUT2D eigenvalue weighted by atomic mass is 16.1. The highest BCUT2D eigenvalue weighted by Crippen LogP contribution is 2.32. The summed E-state index contributed by atoms with van der Waals surface area (Å²) in [6, 6.07) is 16.0. The molecule has 0 unspecified atom stereocenters. The summed E-state index contributed by atoms with van der Waals surface area (Å²) in [5.41, 5.74) is 12.0. The van der Waals surface area contributed by atoms with E-state index in [9.17, 15) is 4.79 Å². The van der Waals surface area contributed by atoms with E-state index in [-0.39, 0.29) is 5.69 Å². The van der Waals surface area contributed by atoms with Crippen molar-refractivity contribution in [1.29, 1.82) is 0 Å². The molecule has 0 aliphatic heterocycles. The molecule has 3 heterocycles. The summed E-state index contributed by atoms with van der Waals surface area (Å²) in [6.45, 7) is 1.13. The van der Waals surface area contributed by atoms with E-state index in [1.165, 1.54) is 0 Å². The number of aromatic nitrogens is 5. The van der Waals surface area contributed by atoms with Crippen molar-refractivity contribution in [3.63, 3.8) is 0 Å². The Morgan fingerprint density at radius 3 is 2.61 bits per heavy atom. The lowest BCUT2D eigenvalue weighted by Gasteiger charge is -2.04. The van der Waals surface area contributed by atoms with Crippen molar-refractivity contribution >= 4 is 21.8 Å². The van der Waals surface area contributed by atoms with Gasteiger partial charge in [0.2, 0.25) is 0 Å². The molecule has 0 aliphatic carbocycles. The van der Waals surface area contributed by atoms with Gasteiger partial charge in [-0.15, -0.1) is 0 Å². The number of aromatic amines is 1. The Bertz CT molecular complexity index is 1510. The fourth-order valence-corrected chi connectivity index (χ4v) is 4.17. The maximum atomic E-state index is 12.8. The van der Waals surface area contributed by atoms with E-state index in [0.29, 0.717) is 18.9 Å². The highest BCUT2D eigenvalue weighted by Gasteiger charge is 2.20. The number of fused-ring (bicyclic) bond motifs is 2. The van der Waals surface area contributed by atoms with Crippen LogP contribution in [0.5, 0.6) is 0 Å². The molecule has 31 heavy (non-hydrogen) atoms. The van der Waals surface area contributed by atoms with Crippen LogP contribution in [0.15, 0.2) is 70.8 Å². The molecule has 0 saturated heterocycles. The zero-order valence-corrected chi connectivity index (χ0v) is 16.9. The van der Waals surface area contributed by atoms with Crippen LogP contribution in [-0.2, 0) is 13.6 Å². The summed E-state index contributed by atoms with van der Waals surface area (Å²) in [7, 11) is 1.96. The summed E-state index contributed by atoms with van der Waals surface area (Å²) < 4.78 is 5.76. The molecule has 3 aromatic heterocycles. The zero-order chi connectivity index (χ0) is 21.4. The zero-order valence-electron chi connectivity index (χ0n) is 16.9. The van der Waals surface area contributed by atoms with Gasteiger partial charge >= 0.3 is 5.69 Å². The molecule has 154 valence electrons. The van der Waals surface area contributed by atoms with Crippen molar-refractivity contribution < 1.29 is 0 Å². The van der Waals surface area contributed by atoms with Gasteiger partial charge in [0.05, 0.1) is 5.69 Å². The van der Waals surface area contributed by atoms with Crippen molar-refractivity contribution in [2.75, 3.05) is 6.54 Å². The highest BCUT2D eigenvalue weighted by molar-refractivity contribution is 5.96. The quantitative estimate of drug-likeness (QED) is 0.193. The first-order chi connectivity index (χ1) is 15.2. The summed E-state index contributed by atoms with van der Waals surface area (Å²) in [5.74, 6) is 0.561. The van der Waals surface area contributed by atoms with Gasteiger partial charge in [-0.25, -0.2) is 14.5 Å². The van der Waals surface area contributed by atoms with Gasteiger partial charge in [-0.2, -0.15) is 5.10 Å². The van der Waals surface area contributed by atoms with E-state index in [4.69, 9.17) is 5.53 Å². The van der Waals surface area contributed by atoms with Gasteiger partial charge in [0.25, 0.3) is 0 Å². The van der Waals surface area contributed by atoms with E-state index >= 15 is 0 Å². The first-order valence-corrected chi connectivity index (χ1v) is 10.00. The molecule has 5 rings (SSSR count). The normalized spacial score (nSPS) is 11.3. The second-order valence-electron chi connectivity index (χ2n) is 7.39. The SMILES string of the molecule is Cn1cc(-n2c(-c3cn(CCCN=[N+]=[N-])c4ccccc34)n[nH]c2=O)c2ccccc21. The predicted octanol–water partition coefficient (Wildman–Crippen LogP) is 4.37. The third-order valence-electron chi connectivity index (χ3n) is 5.54. The summed E-state index contributed by atoms with van der Waals surface area (Å²) in [6.07, 6.45) is 4.68. The van der Waals surface area contributed by atoms with Gasteiger partial charge < -0.3 is 9.13 Å². The molecular formula is C22H20N8O. The summed E-state index contributed by atoms with van der Waals surface area (Å²) >= 11 is 0. The Labute approximate surface area is 176 Å². The Kier molecular flexibility index (Phi) is 4.57. The molecule has 9 heteroatoms. The third kappa shape index (κ3) is 3.08. The number of hydrogen-bond donors (Lipinski definition) is 1. The molecule has 0 aliphatic rings. The fourth-order valence-electron chi connectivity index (χ4n) is 4.17. The fraction of sp³-hybridized carbons (Fsp3) is 0.182. The molecule has 0 atom stereocenters. The number of benzene rings is 2. The minimum Gasteiger partial charge on any atom is -0.348 e. The number of aryl methyl sites for hydroxylation is 2. The van der Waals surface area contributed by atoms with Crippen LogP contribution in [0.25, 0.3) is 49.3 Å². The van der Waals surface area contributed by atoms with Crippen LogP contribution in [0.2, 0.25) is 0 Å². The number of nitrogens with one attached hydrogen (secondary N) is 1. The molecule has 5 aromatic rings. The van der Waals surface area contributed by atoms with Crippen molar-refractivity contribution in [2.24, 2.45) is 12.2 Å². The van der Waals surface area contributed by atoms with Crippen LogP contribution in [0.3, 0.4) is 0 Å².